The summed E-state index contributed by atoms with van der Waals surface area (Å²) in [5, 5.41) is 0. The molecule has 0 unspecified atom stereocenters. The smallest absolute Gasteiger partial charge is 0.343 e. The molecule has 6 nitrogen and oxygen atoms in total. The summed E-state index contributed by atoms with van der Waals surface area (Å²) in [5.41, 5.74) is 0.244. The Morgan fingerprint density at radius 1 is 0.913 bits per heavy atom. The van der Waals surface area contributed by atoms with Crippen molar-refractivity contribution in [3.05, 3.63) is 48.0 Å². The highest BCUT2D eigenvalue weighted by Gasteiger charge is 2.24. The lowest BCUT2D eigenvalue weighted by Gasteiger charge is -2.13. The molecule has 2 aromatic carbocycles. The maximum atomic E-state index is 12.6. The molecule has 0 radical (unpaired) electrons. The minimum Gasteiger partial charge on any atom is -0.495 e. The molecule has 0 aromatic heterocycles. The van der Waals surface area contributed by atoms with Crippen molar-refractivity contribution >= 4 is 15.9 Å². The van der Waals surface area contributed by atoms with E-state index in [9.17, 15) is 13.2 Å². The molecular weight excluding hydrogens is 320 g/mol. The van der Waals surface area contributed by atoms with E-state index in [1.165, 1.54) is 45.4 Å². The van der Waals surface area contributed by atoms with E-state index in [1.54, 1.807) is 18.2 Å². The Morgan fingerprint density at radius 3 is 2.09 bits per heavy atom. The van der Waals surface area contributed by atoms with Gasteiger partial charge in [-0.1, -0.05) is 12.1 Å². The Bertz CT molecular complexity index is 826. The zero-order valence-corrected chi connectivity index (χ0v) is 13.7. The molecule has 0 atom stereocenters. The highest BCUT2D eigenvalue weighted by Crippen LogP contribution is 2.32. The van der Waals surface area contributed by atoms with Crippen molar-refractivity contribution in [2.75, 3.05) is 14.2 Å². The van der Waals surface area contributed by atoms with Gasteiger partial charge in [0.25, 0.3) is 0 Å². The molecule has 7 heteroatoms. The second-order valence-electron chi connectivity index (χ2n) is 4.61. The van der Waals surface area contributed by atoms with Crippen LogP contribution in [0.4, 0.5) is 0 Å². The minimum atomic E-state index is -4.20. The summed E-state index contributed by atoms with van der Waals surface area (Å²) in [7, 11) is -1.46. The van der Waals surface area contributed by atoms with Crippen molar-refractivity contribution < 1.29 is 26.9 Å². The molecule has 2 rings (SSSR count). The predicted molar refractivity (Wildman–Crippen MR) is 83.8 cm³/mol. The maximum Gasteiger partial charge on any atom is 0.343 e. The van der Waals surface area contributed by atoms with Crippen molar-refractivity contribution in [2.45, 2.75) is 11.8 Å². The second-order valence-corrected chi connectivity index (χ2v) is 6.12. The number of hydrogen-bond acceptors (Lipinski definition) is 6. The third kappa shape index (κ3) is 3.62. The maximum absolute atomic E-state index is 12.6. The molecule has 0 fully saturated rings. The Labute approximate surface area is 134 Å². The summed E-state index contributed by atoms with van der Waals surface area (Å²) in [5.74, 6) is 0.148. The molecule has 0 aliphatic carbocycles. The van der Waals surface area contributed by atoms with Crippen LogP contribution in [-0.4, -0.2) is 28.4 Å². The summed E-state index contributed by atoms with van der Waals surface area (Å²) >= 11 is 0. The van der Waals surface area contributed by atoms with E-state index in [1.807, 2.05) is 0 Å². The van der Waals surface area contributed by atoms with Gasteiger partial charge in [-0.25, -0.2) is 0 Å². The lowest BCUT2D eigenvalue weighted by atomic mass is 10.1. The molecule has 2 aromatic rings. The highest BCUT2D eigenvalue weighted by molar-refractivity contribution is 7.87. The number of methoxy groups -OCH3 is 2. The summed E-state index contributed by atoms with van der Waals surface area (Å²) in [4.78, 5) is 11.3. The lowest BCUT2D eigenvalue weighted by Crippen LogP contribution is -2.12. The summed E-state index contributed by atoms with van der Waals surface area (Å²) < 4.78 is 40.4. The molecular formula is C16H16O6S. The molecule has 0 spiro atoms. The van der Waals surface area contributed by atoms with E-state index in [2.05, 4.69) is 0 Å². The first-order valence-corrected chi connectivity index (χ1v) is 8.06. The van der Waals surface area contributed by atoms with Crippen LogP contribution >= 0.6 is 0 Å². The van der Waals surface area contributed by atoms with Gasteiger partial charge in [-0.2, -0.15) is 8.42 Å². The monoisotopic (exact) mass is 336 g/mol. The fraction of sp³-hybridized carbons (Fsp3) is 0.188. The van der Waals surface area contributed by atoms with Crippen LogP contribution < -0.4 is 13.7 Å². The number of carbonyl (C=O) groups is 1. The summed E-state index contributed by atoms with van der Waals surface area (Å²) in [6, 6.07) is 10.5. The molecule has 0 aliphatic heterocycles. The van der Waals surface area contributed by atoms with Crippen LogP contribution in [0, 0.1) is 0 Å². The molecule has 23 heavy (non-hydrogen) atoms. The Kier molecular flexibility index (Phi) is 4.90. The van der Waals surface area contributed by atoms with Gasteiger partial charge in [0.1, 0.15) is 10.6 Å². The zero-order chi connectivity index (χ0) is 17.0. The molecule has 0 saturated carbocycles. The fourth-order valence-corrected chi connectivity index (χ4v) is 3.07. The molecule has 0 saturated heterocycles. The van der Waals surface area contributed by atoms with E-state index in [4.69, 9.17) is 13.7 Å². The van der Waals surface area contributed by atoms with Crippen molar-refractivity contribution in [3.8, 4) is 17.2 Å². The van der Waals surface area contributed by atoms with Gasteiger partial charge in [0.05, 0.1) is 14.2 Å². The van der Waals surface area contributed by atoms with Gasteiger partial charge >= 0.3 is 10.1 Å². The molecule has 122 valence electrons. The van der Waals surface area contributed by atoms with E-state index >= 15 is 0 Å². The topological polar surface area (TPSA) is 78.9 Å². The second kappa shape index (κ2) is 6.70. The van der Waals surface area contributed by atoms with E-state index in [0.29, 0.717) is 0 Å². The van der Waals surface area contributed by atoms with Gasteiger partial charge in [-0.3, -0.25) is 4.79 Å². The van der Waals surface area contributed by atoms with Gasteiger partial charge in [0.15, 0.2) is 17.3 Å². The quantitative estimate of drug-likeness (QED) is 0.596. The molecule has 0 amide bonds. The SMILES string of the molecule is COc1ccccc1OS(=O)(=O)c1cc(C(C)=O)ccc1OC. The fourth-order valence-electron chi connectivity index (χ4n) is 1.94. The summed E-state index contributed by atoms with van der Waals surface area (Å²) in [6.45, 7) is 1.35. The van der Waals surface area contributed by atoms with E-state index in [-0.39, 0.29) is 33.5 Å². The van der Waals surface area contributed by atoms with Crippen LogP contribution in [0.15, 0.2) is 47.4 Å². The van der Waals surface area contributed by atoms with Crippen molar-refractivity contribution in [3.63, 3.8) is 0 Å². The minimum absolute atomic E-state index is 0.0466. The van der Waals surface area contributed by atoms with E-state index < -0.39 is 10.1 Å². The van der Waals surface area contributed by atoms with Crippen molar-refractivity contribution in [1.29, 1.82) is 0 Å². The van der Waals surface area contributed by atoms with Crippen LogP contribution in [0.25, 0.3) is 0 Å². The Hall–Kier alpha value is -2.54. The average Bonchev–Trinajstić information content (AvgIpc) is 2.54. The van der Waals surface area contributed by atoms with Gasteiger partial charge < -0.3 is 13.7 Å². The van der Waals surface area contributed by atoms with Crippen molar-refractivity contribution in [2.24, 2.45) is 0 Å². The lowest BCUT2D eigenvalue weighted by molar-refractivity contribution is 0.101. The Morgan fingerprint density at radius 2 is 1.52 bits per heavy atom. The first kappa shape index (κ1) is 16.8. The van der Waals surface area contributed by atoms with Gasteiger partial charge in [-0.05, 0) is 37.3 Å². The normalized spacial score (nSPS) is 10.9. The third-order valence-electron chi connectivity index (χ3n) is 3.11. The van der Waals surface area contributed by atoms with E-state index in [0.717, 1.165) is 0 Å². The van der Waals surface area contributed by atoms with Crippen LogP contribution in [0.3, 0.4) is 0 Å². The first-order valence-electron chi connectivity index (χ1n) is 6.65. The number of rotatable bonds is 6. The predicted octanol–water partition coefficient (Wildman–Crippen LogP) is 2.67. The van der Waals surface area contributed by atoms with Crippen LogP contribution in [0.2, 0.25) is 0 Å². The molecule has 0 aliphatic rings. The van der Waals surface area contributed by atoms with Crippen LogP contribution in [0.1, 0.15) is 17.3 Å². The molecule has 0 N–H and O–H groups in total. The number of para-hydroxylation sites is 2. The number of benzene rings is 2. The summed E-state index contributed by atoms with van der Waals surface area (Å²) in [6.07, 6.45) is 0. The number of Topliss-reactive ketones (excluding diaryl/α,β-unsaturated/α-hetero) is 1. The van der Waals surface area contributed by atoms with Gasteiger partial charge in [0.2, 0.25) is 0 Å². The number of hydrogen-bond donors (Lipinski definition) is 0. The molecule has 0 heterocycles. The van der Waals surface area contributed by atoms with Gasteiger partial charge in [-0.15, -0.1) is 0 Å². The Balaban J connectivity index is 2.50. The van der Waals surface area contributed by atoms with Crippen LogP contribution in [-0.2, 0) is 10.1 Å². The average molecular weight is 336 g/mol. The largest absolute Gasteiger partial charge is 0.495 e. The number of carbonyl (C=O) groups excluding carboxylic acids is 1. The first-order chi connectivity index (χ1) is 10.9. The van der Waals surface area contributed by atoms with Crippen LogP contribution in [0.5, 0.6) is 17.2 Å². The number of ketones is 1. The highest BCUT2D eigenvalue weighted by atomic mass is 32.2. The van der Waals surface area contributed by atoms with Crippen molar-refractivity contribution in [1.82, 2.24) is 0 Å². The molecule has 0 bridgehead atoms. The van der Waals surface area contributed by atoms with Gasteiger partial charge in [0, 0.05) is 5.56 Å². The zero-order valence-electron chi connectivity index (χ0n) is 12.9. The third-order valence-corrected chi connectivity index (χ3v) is 4.36. The standard InChI is InChI=1S/C16H16O6S/c1-11(17)12-8-9-15(21-3)16(10-12)23(18,19)22-14-7-5-4-6-13(14)20-2/h4-10H,1-3H3. The number of ether oxygens (including phenoxy) is 2.